The van der Waals surface area contributed by atoms with E-state index in [4.69, 9.17) is 5.73 Å². The Morgan fingerprint density at radius 2 is 2.31 bits per heavy atom. The Bertz CT molecular complexity index is 473. The first-order valence-corrected chi connectivity index (χ1v) is 4.83. The zero-order chi connectivity index (χ0) is 9.42. The van der Waals surface area contributed by atoms with Crippen molar-refractivity contribution < 1.29 is 4.79 Å². The van der Waals surface area contributed by atoms with Crippen molar-refractivity contribution in [3.63, 3.8) is 0 Å². The maximum atomic E-state index is 10.7. The van der Waals surface area contributed by atoms with Gasteiger partial charge in [-0.3, -0.25) is 4.79 Å². The largest absolute Gasteiger partial charge is 0.398 e. The normalized spacial score (nSPS) is 10.5. The summed E-state index contributed by atoms with van der Waals surface area (Å²) in [5.74, 6) is 0. The molecule has 0 atom stereocenters. The molecule has 0 saturated heterocycles. The minimum absolute atomic E-state index is 0.586. The molecule has 1 aromatic heterocycles. The van der Waals surface area contributed by atoms with Crippen molar-refractivity contribution in [1.29, 1.82) is 0 Å². The molecule has 0 aliphatic carbocycles. The van der Waals surface area contributed by atoms with Crippen molar-refractivity contribution >= 4 is 33.4 Å². The number of rotatable bonds is 1. The minimum atomic E-state index is 0.586. The van der Waals surface area contributed by atoms with Crippen LogP contribution in [0.15, 0.2) is 17.5 Å². The lowest BCUT2D eigenvalue weighted by molar-refractivity contribution is 0.112. The van der Waals surface area contributed by atoms with Gasteiger partial charge in [-0.15, -0.1) is 11.3 Å². The average molecular weight is 191 g/mol. The first kappa shape index (κ1) is 8.26. The van der Waals surface area contributed by atoms with E-state index < -0.39 is 0 Å². The lowest BCUT2D eigenvalue weighted by Gasteiger charge is -2.02. The van der Waals surface area contributed by atoms with Crippen LogP contribution in [0.3, 0.4) is 0 Å². The van der Waals surface area contributed by atoms with Crippen molar-refractivity contribution in [3.8, 4) is 0 Å². The molecule has 0 amide bonds. The third kappa shape index (κ3) is 1.12. The van der Waals surface area contributed by atoms with E-state index in [0.29, 0.717) is 11.3 Å². The van der Waals surface area contributed by atoms with Crippen LogP contribution < -0.4 is 5.73 Å². The second-order valence-corrected chi connectivity index (χ2v) is 3.89. The van der Waals surface area contributed by atoms with E-state index in [1.165, 1.54) is 4.70 Å². The zero-order valence-electron chi connectivity index (χ0n) is 7.20. The molecular formula is C10H9NOS. The fraction of sp³-hybridized carbons (Fsp3) is 0.100. The topological polar surface area (TPSA) is 43.1 Å². The number of benzene rings is 1. The number of nitrogens with two attached hydrogens (primary N) is 1. The summed E-state index contributed by atoms with van der Waals surface area (Å²) in [6.45, 7) is 1.99. The predicted molar refractivity (Wildman–Crippen MR) is 56.4 cm³/mol. The highest BCUT2D eigenvalue weighted by Crippen LogP contribution is 2.31. The zero-order valence-corrected chi connectivity index (χ0v) is 8.02. The van der Waals surface area contributed by atoms with Crippen LogP contribution in [-0.4, -0.2) is 6.29 Å². The van der Waals surface area contributed by atoms with Crippen LogP contribution in [0.4, 0.5) is 5.69 Å². The van der Waals surface area contributed by atoms with Gasteiger partial charge in [0.15, 0.2) is 6.29 Å². The highest BCUT2D eigenvalue weighted by atomic mass is 32.1. The van der Waals surface area contributed by atoms with Crippen molar-refractivity contribution in [2.24, 2.45) is 0 Å². The quantitative estimate of drug-likeness (QED) is 0.556. The number of hydrogen-bond donors (Lipinski definition) is 1. The SMILES string of the molecule is Cc1cc(C=O)c(N)c2ccsc12. The number of carbonyl (C=O) groups is 1. The van der Waals surface area contributed by atoms with Crippen LogP contribution in [0, 0.1) is 6.92 Å². The van der Waals surface area contributed by atoms with Crippen LogP contribution in [0.5, 0.6) is 0 Å². The summed E-state index contributed by atoms with van der Waals surface area (Å²) in [4.78, 5) is 10.7. The van der Waals surface area contributed by atoms with Gasteiger partial charge in [-0.2, -0.15) is 0 Å². The molecule has 0 saturated carbocycles. The molecule has 3 heteroatoms. The second kappa shape index (κ2) is 2.85. The van der Waals surface area contributed by atoms with Crippen LogP contribution in [0.25, 0.3) is 10.1 Å². The third-order valence-corrected chi connectivity index (χ3v) is 3.17. The van der Waals surface area contributed by atoms with Gasteiger partial charge in [-0.1, -0.05) is 0 Å². The number of hydrogen-bond acceptors (Lipinski definition) is 3. The van der Waals surface area contributed by atoms with Gasteiger partial charge in [-0.25, -0.2) is 0 Å². The summed E-state index contributed by atoms with van der Waals surface area (Å²) < 4.78 is 1.17. The van der Waals surface area contributed by atoms with E-state index in [-0.39, 0.29) is 0 Å². The van der Waals surface area contributed by atoms with E-state index in [1.54, 1.807) is 11.3 Å². The molecule has 0 bridgehead atoms. The predicted octanol–water partition coefficient (Wildman–Crippen LogP) is 2.60. The van der Waals surface area contributed by atoms with E-state index in [2.05, 4.69) is 0 Å². The molecular weight excluding hydrogens is 182 g/mol. The molecule has 2 N–H and O–H groups in total. The van der Waals surface area contributed by atoms with Crippen LogP contribution in [0.1, 0.15) is 15.9 Å². The summed E-state index contributed by atoms with van der Waals surface area (Å²) in [6, 6.07) is 3.79. The summed E-state index contributed by atoms with van der Waals surface area (Å²) in [7, 11) is 0. The number of anilines is 1. The molecule has 13 heavy (non-hydrogen) atoms. The highest BCUT2D eigenvalue weighted by molar-refractivity contribution is 7.17. The summed E-state index contributed by atoms with van der Waals surface area (Å²) >= 11 is 1.65. The van der Waals surface area contributed by atoms with Crippen molar-refractivity contribution in [2.75, 3.05) is 5.73 Å². The number of aryl methyl sites for hydroxylation is 1. The number of thiophene rings is 1. The van der Waals surface area contributed by atoms with Crippen molar-refractivity contribution in [2.45, 2.75) is 6.92 Å². The summed E-state index contributed by atoms with van der Waals surface area (Å²) in [6.07, 6.45) is 0.805. The lowest BCUT2D eigenvalue weighted by Crippen LogP contribution is -1.94. The molecule has 2 rings (SSSR count). The summed E-state index contributed by atoms with van der Waals surface area (Å²) in [5, 5.41) is 2.98. The first-order valence-electron chi connectivity index (χ1n) is 3.95. The standard InChI is InChI=1S/C10H9NOS/c1-6-4-7(5-12)9(11)8-2-3-13-10(6)8/h2-5H,11H2,1H3. The fourth-order valence-electron chi connectivity index (χ4n) is 1.46. The van der Waals surface area contributed by atoms with Gasteiger partial charge in [0, 0.05) is 15.6 Å². The monoisotopic (exact) mass is 191 g/mol. The van der Waals surface area contributed by atoms with Gasteiger partial charge in [-0.05, 0) is 30.0 Å². The molecule has 2 nitrogen and oxygen atoms in total. The van der Waals surface area contributed by atoms with E-state index in [1.807, 2.05) is 24.4 Å². The fourth-order valence-corrected chi connectivity index (χ4v) is 2.35. The smallest absolute Gasteiger partial charge is 0.152 e. The first-order chi connectivity index (χ1) is 6.24. The highest BCUT2D eigenvalue weighted by Gasteiger charge is 2.07. The van der Waals surface area contributed by atoms with Gasteiger partial charge in [0.1, 0.15) is 0 Å². The van der Waals surface area contributed by atoms with E-state index in [9.17, 15) is 4.79 Å². The molecule has 0 spiro atoms. The molecule has 0 fully saturated rings. The number of carbonyl (C=O) groups excluding carboxylic acids is 1. The third-order valence-electron chi connectivity index (χ3n) is 2.12. The number of fused-ring (bicyclic) bond motifs is 1. The molecule has 1 aromatic carbocycles. The maximum absolute atomic E-state index is 10.7. The van der Waals surface area contributed by atoms with Crippen LogP contribution in [0.2, 0.25) is 0 Å². The van der Waals surface area contributed by atoms with Gasteiger partial charge in [0.2, 0.25) is 0 Å². The molecule has 0 aliphatic rings. The van der Waals surface area contributed by atoms with Crippen molar-refractivity contribution in [3.05, 3.63) is 28.6 Å². The van der Waals surface area contributed by atoms with E-state index in [0.717, 1.165) is 17.2 Å². The average Bonchev–Trinajstić information content (AvgIpc) is 2.60. The summed E-state index contributed by atoms with van der Waals surface area (Å²) in [5.41, 5.74) is 8.11. The second-order valence-electron chi connectivity index (χ2n) is 2.98. The Balaban J connectivity index is 2.93. The Labute approximate surface area is 80.0 Å². The van der Waals surface area contributed by atoms with Gasteiger partial charge < -0.3 is 5.73 Å². The van der Waals surface area contributed by atoms with Gasteiger partial charge in [0.05, 0.1) is 5.69 Å². The number of aldehydes is 1. The Morgan fingerprint density at radius 1 is 1.54 bits per heavy atom. The Hall–Kier alpha value is -1.35. The van der Waals surface area contributed by atoms with E-state index >= 15 is 0 Å². The molecule has 2 aromatic rings. The Kier molecular flexibility index (Phi) is 1.81. The molecule has 0 unspecified atom stereocenters. The molecule has 66 valence electrons. The molecule has 0 radical (unpaired) electrons. The molecule has 0 aliphatic heterocycles. The minimum Gasteiger partial charge on any atom is -0.398 e. The van der Waals surface area contributed by atoms with Crippen molar-refractivity contribution in [1.82, 2.24) is 0 Å². The van der Waals surface area contributed by atoms with Gasteiger partial charge >= 0.3 is 0 Å². The lowest BCUT2D eigenvalue weighted by atomic mass is 10.1. The maximum Gasteiger partial charge on any atom is 0.152 e. The Morgan fingerprint density at radius 3 is 3.00 bits per heavy atom. The van der Waals surface area contributed by atoms with Crippen LogP contribution >= 0.6 is 11.3 Å². The van der Waals surface area contributed by atoms with Gasteiger partial charge in [0.25, 0.3) is 0 Å². The van der Waals surface area contributed by atoms with Crippen LogP contribution in [-0.2, 0) is 0 Å². The molecule has 1 heterocycles. The number of nitrogen functional groups attached to an aromatic ring is 1.